The van der Waals surface area contributed by atoms with Crippen LogP contribution < -0.4 is 15.9 Å². The van der Waals surface area contributed by atoms with Crippen molar-refractivity contribution in [2.75, 3.05) is 0 Å². The minimum absolute atomic E-state index is 0.203. The Morgan fingerprint density at radius 1 is 0.481 bits per heavy atom. The molecule has 3 aromatic rings. The van der Waals surface area contributed by atoms with Crippen molar-refractivity contribution in [3.63, 3.8) is 0 Å². The number of hydrogen-bond donors (Lipinski definition) is 2. The van der Waals surface area contributed by atoms with Crippen molar-refractivity contribution in [1.82, 2.24) is 0 Å². The van der Waals surface area contributed by atoms with Crippen molar-refractivity contribution in [3.05, 3.63) is 91.0 Å². The minimum atomic E-state index is -5.85. The molecule has 0 radical (unpaired) electrons. The summed E-state index contributed by atoms with van der Waals surface area (Å²) in [6, 6.07) is 21.2. The van der Waals surface area contributed by atoms with Crippen molar-refractivity contribution in [2.45, 2.75) is 0 Å². The molecule has 0 heterocycles. The Morgan fingerprint density at radius 3 is 0.889 bits per heavy atom. The fourth-order valence-corrected chi connectivity index (χ4v) is 18.2. The monoisotopic (exact) mass is 424 g/mol. The summed E-state index contributed by atoms with van der Waals surface area (Å²) in [5.74, 6) is 0. The van der Waals surface area contributed by atoms with Crippen LogP contribution in [-0.4, -0.2) is 25.9 Å². The van der Waals surface area contributed by atoms with E-state index in [-0.39, 0.29) is 15.9 Å². The topological polar surface area (TPSA) is 109 Å². The summed E-state index contributed by atoms with van der Waals surface area (Å²) in [6.45, 7) is 0. The fourth-order valence-electron chi connectivity index (χ4n) is 3.46. The van der Waals surface area contributed by atoms with E-state index in [1.54, 1.807) is 18.2 Å². The number of hydrogen-bond acceptors (Lipinski definition) is 4. The molecule has 142 valence electrons. The van der Waals surface area contributed by atoms with Crippen LogP contribution in [0.15, 0.2) is 91.0 Å². The Bertz CT molecular complexity index is 1030. The van der Waals surface area contributed by atoms with Gasteiger partial charge in [-0.25, -0.2) is 0 Å². The zero-order chi connectivity index (χ0) is 19.8. The van der Waals surface area contributed by atoms with Crippen molar-refractivity contribution < 1.29 is 25.9 Å². The summed E-state index contributed by atoms with van der Waals surface area (Å²) >= 11 is 0. The predicted molar refractivity (Wildman–Crippen MR) is 108 cm³/mol. The van der Waals surface area contributed by atoms with E-state index >= 15 is 0 Å². The van der Waals surface area contributed by atoms with Crippen molar-refractivity contribution in [3.8, 4) is 0 Å². The van der Waals surface area contributed by atoms with E-state index in [4.69, 9.17) is 0 Å². The van der Waals surface area contributed by atoms with Crippen LogP contribution in [0.4, 0.5) is 0 Å². The molecule has 0 aliphatic rings. The van der Waals surface area contributed by atoms with Gasteiger partial charge in [0.1, 0.15) is 0 Å². The van der Waals surface area contributed by atoms with Crippen LogP contribution in [0.3, 0.4) is 0 Å². The van der Waals surface area contributed by atoms with Gasteiger partial charge in [-0.15, -0.1) is 0 Å². The van der Waals surface area contributed by atoms with Gasteiger partial charge in [0.05, 0.1) is 0 Å². The molecule has 9 heteroatoms. The molecule has 27 heavy (non-hydrogen) atoms. The third-order valence-corrected chi connectivity index (χ3v) is 22.5. The Balaban J connectivity index is 2.82. The second-order valence-corrected chi connectivity index (χ2v) is 19.0. The van der Waals surface area contributed by atoms with Crippen molar-refractivity contribution in [2.24, 2.45) is 0 Å². The molecule has 0 fully saturated rings. The normalized spacial score (nSPS) is 14.2. The van der Waals surface area contributed by atoms with Crippen LogP contribution in [-0.2, 0) is 19.5 Å². The Morgan fingerprint density at radius 2 is 0.704 bits per heavy atom. The van der Waals surface area contributed by atoms with Gasteiger partial charge in [0, 0.05) is 0 Å². The fraction of sp³-hybridized carbons (Fsp3) is 0. The first-order valence-electron chi connectivity index (χ1n) is 7.80. The van der Waals surface area contributed by atoms with Gasteiger partial charge >= 0.3 is 157 Å². The van der Waals surface area contributed by atoms with Gasteiger partial charge in [-0.1, -0.05) is 0 Å². The quantitative estimate of drug-likeness (QED) is 0.480. The number of benzene rings is 3. The third kappa shape index (κ3) is 2.35. The summed E-state index contributed by atoms with van der Waals surface area (Å²) in [5.41, 5.74) is 0. The first kappa shape index (κ1) is 19.7. The molecule has 3 rings (SSSR count). The van der Waals surface area contributed by atoms with E-state index < -0.39 is 24.5 Å². The maximum atomic E-state index is 13.1. The van der Waals surface area contributed by atoms with Gasteiger partial charge in [0.2, 0.25) is 0 Å². The van der Waals surface area contributed by atoms with Crippen LogP contribution in [0.1, 0.15) is 0 Å². The van der Waals surface area contributed by atoms with Gasteiger partial charge in [-0.3, -0.25) is 0 Å². The summed E-state index contributed by atoms with van der Waals surface area (Å²) in [7, 11) is -10.8. The SMILES string of the molecule is O=S(=O)(O)P(c1ccccc1)(c1ccccc1)(c1ccccc1)S(=O)(=O)O. The average molecular weight is 424 g/mol. The summed E-state index contributed by atoms with van der Waals surface area (Å²) in [5, 5.41) is -6.46. The van der Waals surface area contributed by atoms with E-state index in [0.29, 0.717) is 0 Å². The zero-order valence-electron chi connectivity index (χ0n) is 14.0. The molecule has 0 saturated heterocycles. The summed E-state index contributed by atoms with van der Waals surface area (Å²) in [6.07, 6.45) is 0. The second kappa shape index (κ2) is 6.51. The summed E-state index contributed by atoms with van der Waals surface area (Å²) < 4.78 is 73.5. The molecule has 0 amide bonds. The van der Waals surface area contributed by atoms with Crippen molar-refractivity contribution >= 4 is 40.4 Å². The Labute approximate surface area is 157 Å². The average Bonchev–Trinajstić information content (AvgIpc) is 2.63. The van der Waals surface area contributed by atoms with E-state index in [9.17, 15) is 25.9 Å². The molecule has 0 aromatic heterocycles. The van der Waals surface area contributed by atoms with Gasteiger partial charge in [0.15, 0.2) is 0 Å². The molecular formula is C18H17O6PS2. The molecule has 0 aliphatic carbocycles. The van der Waals surface area contributed by atoms with Crippen LogP contribution in [0.25, 0.3) is 0 Å². The van der Waals surface area contributed by atoms with E-state index in [1.807, 2.05) is 0 Å². The van der Waals surface area contributed by atoms with Gasteiger partial charge < -0.3 is 0 Å². The van der Waals surface area contributed by atoms with Crippen LogP contribution in [0.2, 0.25) is 0 Å². The van der Waals surface area contributed by atoms with Crippen LogP contribution in [0, 0.1) is 0 Å². The Hall–Kier alpha value is -2.09. The first-order chi connectivity index (χ1) is 12.7. The Kier molecular flexibility index (Phi) is 4.74. The first-order valence-corrected chi connectivity index (χ1v) is 14.1. The maximum absolute atomic E-state index is 13.1. The summed E-state index contributed by atoms with van der Waals surface area (Å²) in [4.78, 5) is 0. The van der Waals surface area contributed by atoms with Gasteiger partial charge in [-0.2, -0.15) is 0 Å². The molecule has 2 N–H and O–H groups in total. The molecular weight excluding hydrogens is 407 g/mol. The van der Waals surface area contributed by atoms with E-state index in [1.165, 1.54) is 72.8 Å². The van der Waals surface area contributed by atoms with Crippen molar-refractivity contribution in [1.29, 1.82) is 0 Å². The third-order valence-electron chi connectivity index (χ3n) is 4.56. The molecule has 0 aliphatic heterocycles. The van der Waals surface area contributed by atoms with E-state index in [2.05, 4.69) is 0 Å². The molecule has 3 aromatic carbocycles. The molecule has 0 unspecified atom stereocenters. The van der Waals surface area contributed by atoms with Gasteiger partial charge in [0.25, 0.3) is 0 Å². The zero-order valence-corrected chi connectivity index (χ0v) is 16.5. The molecule has 0 atom stereocenters. The van der Waals surface area contributed by atoms with E-state index in [0.717, 1.165) is 0 Å². The predicted octanol–water partition coefficient (Wildman–Crippen LogP) is 2.12. The number of rotatable bonds is 5. The van der Waals surface area contributed by atoms with Crippen LogP contribution >= 0.6 is 5.01 Å². The van der Waals surface area contributed by atoms with Gasteiger partial charge in [-0.05, 0) is 0 Å². The molecule has 0 bridgehead atoms. The molecule has 6 nitrogen and oxygen atoms in total. The second-order valence-electron chi connectivity index (χ2n) is 5.86. The molecule has 0 spiro atoms. The van der Waals surface area contributed by atoms with Crippen LogP contribution in [0.5, 0.6) is 0 Å². The molecule has 0 saturated carbocycles. The standard InChI is InChI=1S/C18H17O6PS2/c19-26(20,21)25(27(22,23)24,16-10-4-1-5-11-16,17-12-6-2-7-13-17)18-14-8-3-9-15-18/h1-15H,(H,19,20,21)(H,22,23,24).